The molecular formula is C10H5ClN4. The summed E-state index contributed by atoms with van der Waals surface area (Å²) in [5.41, 5.74) is 1.93. The first-order valence-electron chi connectivity index (χ1n) is 4.36. The lowest BCUT2D eigenvalue weighted by Crippen LogP contribution is -1.93. The van der Waals surface area contributed by atoms with Crippen LogP contribution in [0, 0.1) is 5.41 Å². The topological polar surface area (TPSA) is 61.5 Å². The molecule has 15 heavy (non-hydrogen) atoms. The van der Waals surface area contributed by atoms with Crippen LogP contribution in [0.5, 0.6) is 0 Å². The maximum atomic E-state index is 7.66. The molecule has 0 radical (unpaired) electrons. The highest BCUT2D eigenvalue weighted by Crippen LogP contribution is 2.37. The van der Waals surface area contributed by atoms with Crippen molar-refractivity contribution in [1.29, 1.82) is 5.41 Å². The molecule has 0 spiro atoms. The van der Waals surface area contributed by atoms with Crippen molar-refractivity contribution in [1.82, 2.24) is 4.98 Å². The van der Waals surface area contributed by atoms with Crippen molar-refractivity contribution in [3.8, 4) is 0 Å². The van der Waals surface area contributed by atoms with Crippen LogP contribution in [0.15, 0.2) is 34.5 Å². The predicted octanol–water partition coefficient (Wildman–Crippen LogP) is 3.31. The number of rotatable bonds is 0. The number of hydrogen-bond acceptors (Lipinski definition) is 3. The van der Waals surface area contributed by atoms with Gasteiger partial charge in [-0.2, -0.15) is 0 Å². The van der Waals surface area contributed by atoms with Crippen LogP contribution in [-0.2, 0) is 0 Å². The third-order valence-corrected chi connectivity index (χ3v) is 2.57. The van der Waals surface area contributed by atoms with Gasteiger partial charge in [-0.15, -0.1) is 10.2 Å². The summed E-state index contributed by atoms with van der Waals surface area (Å²) in [6.07, 6.45) is 0. The van der Waals surface area contributed by atoms with Gasteiger partial charge in [0.1, 0.15) is 5.69 Å². The van der Waals surface area contributed by atoms with Crippen LogP contribution in [0.2, 0.25) is 5.15 Å². The van der Waals surface area contributed by atoms with E-state index in [0.29, 0.717) is 16.4 Å². The summed E-state index contributed by atoms with van der Waals surface area (Å²) in [6, 6.07) is 7.52. The minimum Gasteiger partial charge on any atom is -0.281 e. The van der Waals surface area contributed by atoms with Crippen LogP contribution in [0.25, 0.3) is 10.9 Å². The molecule has 1 aliphatic heterocycles. The van der Waals surface area contributed by atoms with E-state index in [1.165, 1.54) is 0 Å². The molecule has 1 aromatic carbocycles. The number of azo groups is 1. The van der Waals surface area contributed by atoms with Gasteiger partial charge < -0.3 is 0 Å². The zero-order valence-electron chi connectivity index (χ0n) is 7.53. The predicted molar refractivity (Wildman–Crippen MR) is 58.1 cm³/mol. The number of para-hydroxylation sites is 1. The van der Waals surface area contributed by atoms with Crippen molar-refractivity contribution in [3.63, 3.8) is 0 Å². The summed E-state index contributed by atoms with van der Waals surface area (Å²) in [5, 5.41) is 16.4. The molecule has 0 saturated heterocycles. The fourth-order valence-electron chi connectivity index (χ4n) is 1.65. The van der Waals surface area contributed by atoms with Crippen LogP contribution in [-0.4, -0.2) is 10.8 Å². The molecule has 2 aromatic rings. The molecular weight excluding hydrogens is 212 g/mol. The molecule has 0 fully saturated rings. The second kappa shape index (κ2) is 2.84. The number of nitrogens with one attached hydrogen (secondary N) is 1. The quantitative estimate of drug-likeness (QED) is 0.675. The van der Waals surface area contributed by atoms with Gasteiger partial charge in [0, 0.05) is 5.39 Å². The van der Waals surface area contributed by atoms with E-state index < -0.39 is 0 Å². The summed E-state index contributed by atoms with van der Waals surface area (Å²) in [5.74, 6) is 0.144. The Bertz CT molecular complexity index is 618. The minimum atomic E-state index is 0.144. The third-order valence-electron chi connectivity index (χ3n) is 2.31. The number of hydrogen-bond donors (Lipinski definition) is 1. The van der Waals surface area contributed by atoms with Crippen molar-refractivity contribution < 1.29 is 0 Å². The first-order chi connectivity index (χ1) is 7.27. The molecule has 0 unspecified atom stereocenters. The van der Waals surface area contributed by atoms with Crippen molar-refractivity contribution in [2.45, 2.75) is 0 Å². The average molecular weight is 217 g/mol. The van der Waals surface area contributed by atoms with E-state index in [1.54, 1.807) is 0 Å². The Hall–Kier alpha value is -1.81. The number of halogens is 1. The zero-order valence-corrected chi connectivity index (χ0v) is 8.28. The SMILES string of the molecule is N=C1N=Nc2c(Cl)nc3ccccc3c21. The van der Waals surface area contributed by atoms with Gasteiger partial charge in [-0.05, 0) is 6.07 Å². The third kappa shape index (κ3) is 1.08. The Balaban J connectivity index is 2.54. The Morgan fingerprint density at radius 3 is 2.80 bits per heavy atom. The number of amidine groups is 1. The molecule has 2 heterocycles. The fraction of sp³-hybridized carbons (Fsp3) is 0. The number of nitrogens with zero attached hydrogens (tertiary/aromatic N) is 3. The molecule has 1 aliphatic rings. The first-order valence-corrected chi connectivity index (χ1v) is 4.74. The van der Waals surface area contributed by atoms with Gasteiger partial charge in [0.25, 0.3) is 0 Å². The molecule has 4 nitrogen and oxygen atoms in total. The van der Waals surface area contributed by atoms with Crippen molar-refractivity contribution >= 4 is 34.0 Å². The van der Waals surface area contributed by atoms with Crippen molar-refractivity contribution in [2.24, 2.45) is 10.2 Å². The van der Waals surface area contributed by atoms with E-state index in [0.717, 1.165) is 10.9 Å². The van der Waals surface area contributed by atoms with Crippen LogP contribution in [0.1, 0.15) is 5.56 Å². The molecule has 0 atom stereocenters. The van der Waals surface area contributed by atoms with Gasteiger partial charge in [0.2, 0.25) is 0 Å². The molecule has 0 amide bonds. The summed E-state index contributed by atoms with van der Waals surface area (Å²) >= 11 is 5.95. The van der Waals surface area contributed by atoms with Gasteiger partial charge >= 0.3 is 0 Å². The normalized spacial score (nSPS) is 13.5. The van der Waals surface area contributed by atoms with E-state index in [2.05, 4.69) is 15.2 Å². The highest BCUT2D eigenvalue weighted by Gasteiger charge is 2.21. The molecule has 72 valence electrons. The fourth-order valence-corrected chi connectivity index (χ4v) is 1.88. The summed E-state index contributed by atoms with van der Waals surface area (Å²) in [6.45, 7) is 0. The van der Waals surface area contributed by atoms with Gasteiger partial charge in [0.15, 0.2) is 11.0 Å². The maximum Gasteiger partial charge on any atom is 0.177 e. The van der Waals surface area contributed by atoms with Crippen LogP contribution >= 0.6 is 11.6 Å². The number of benzene rings is 1. The van der Waals surface area contributed by atoms with E-state index in [4.69, 9.17) is 17.0 Å². The molecule has 3 rings (SSSR count). The van der Waals surface area contributed by atoms with Gasteiger partial charge in [-0.3, -0.25) is 5.41 Å². The van der Waals surface area contributed by atoms with E-state index in [9.17, 15) is 0 Å². The Morgan fingerprint density at radius 1 is 1.13 bits per heavy atom. The van der Waals surface area contributed by atoms with E-state index in [-0.39, 0.29) is 5.84 Å². The summed E-state index contributed by atoms with van der Waals surface area (Å²) < 4.78 is 0. The van der Waals surface area contributed by atoms with Crippen molar-refractivity contribution in [3.05, 3.63) is 35.0 Å². The average Bonchev–Trinajstić information content (AvgIpc) is 2.62. The summed E-state index contributed by atoms with van der Waals surface area (Å²) in [4.78, 5) is 4.20. The Kier molecular flexibility index (Phi) is 1.61. The second-order valence-corrected chi connectivity index (χ2v) is 3.55. The molecule has 1 N–H and O–H groups in total. The molecule has 1 aromatic heterocycles. The molecule has 0 aliphatic carbocycles. The largest absolute Gasteiger partial charge is 0.281 e. The lowest BCUT2D eigenvalue weighted by atomic mass is 10.1. The smallest absolute Gasteiger partial charge is 0.177 e. The zero-order chi connectivity index (χ0) is 10.4. The number of fused-ring (bicyclic) bond motifs is 3. The van der Waals surface area contributed by atoms with E-state index >= 15 is 0 Å². The maximum absolute atomic E-state index is 7.66. The Morgan fingerprint density at radius 2 is 1.93 bits per heavy atom. The van der Waals surface area contributed by atoms with Crippen LogP contribution in [0.4, 0.5) is 5.69 Å². The Labute approximate surface area is 90.1 Å². The van der Waals surface area contributed by atoms with Crippen LogP contribution < -0.4 is 0 Å². The molecule has 0 bridgehead atoms. The first kappa shape index (κ1) is 8.49. The highest BCUT2D eigenvalue weighted by molar-refractivity contribution is 6.34. The lowest BCUT2D eigenvalue weighted by molar-refractivity contribution is 1.29. The second-order valence-electron chi connectivity index (χ2n) is 3.19. The van der Waals surface area contributed by atoms with Gasteiger partial charge in [0.05, 0.1) is 11.1 Å². The minimum absolute atomic E-state index is 0.144. The van der Waals surface area contributed by atoms with Gasteiger partial charge in [-0.1, -0.05) is 29.8 Å². The molecule has 5 heteroatoms. The molecule has 0 saturated carbocycles. The number of pyridine rings is 1. The summed E-state index contributed by atoms with van der Waals surface area (Å²) in [7, 11) is 0. The van der Waals surface area contributed by atoms with Crippen molar-refractivity contribution in [2.75, 3.05) is 0 Å². The van der Waals surface area contributed by atoms with Gasteiger partial charge in [-0.25, -0.2) is 4.98 Å². The monoisotopic (exact) mass is 216 g/mol. The number of aromatic nitrogens is 1. The lowest BCUT2D eigenvalue weighted by Gasteiger charge is -2.03. The van der Waals surface area contributed by atoms with Crippen LogP contribution in [0.3, 0.4) is 0 Å². The standard InChI is InChI=1S/C10H5ClN4/c11-9-8-7(10(12)15-14-8)5-3-1-2-4-6(5)13-9/h1-4,12H. The highest BCUT2D eigenvalue weighted by atomic mass is 35.5. The van der Waals surface area contributed by atoms with E-state index in [1.807, 2.05) is 24.3 Å².